The van der Waals surface area contributed by atoms with Crippen molar-refractivity contribution < 1.29 is 18.3 Å². The lowest BCUT2D eigenvalue weighted by atomic mass is 10.1. The van der Waals surface area contributed by atoms with E-state index < -0.39 is 6.61 Å². The van der Waals surface area contributed by atoms with E-state index in [1.54, 1.807) is 24.5 Å². The summed E-state index contributed by atoms with van der Waals surface area (Å²) >= 11 is 0. The van der Waals surface area contributed by atoms with Crippen molar-refractivity contribution in [2.45, 2.75) is 32.5 Å². The maximum Gasteiger partial charge on any atom is 0.387 e. The first-order valence-electron chi connectivity index (χ1n) is 9.97. The molecule has 0 aliphatic carbocycles. The number of alkyl halides is 2. The van der Waals surface area contributed by atoms with E-state index in [9.17, 15) is 8.78 Å². The van der Waals surface area contributed by atoms with Crippen molar-refractivity contribution in [3.05, 3.63) is 54.9 Å². The Labute approximate surface area is 179 Å². The summed E-state index contributed by atoms with van der Waals surface area (Å²) in [5, 5.41) is 11.5. The lowest BCUT2D eigenvalue weighted by Gasteiger charge is -2.39. The fraction of sp³-hybridized carbons (Fsp3) is 0.318. The van der Waals surface area contributed by atoms with Crippen LogP contribution in [0.25, 0.3) is 11.1 Å². The molecule has 4 rings (SSSR count). The van der Waals surface area contributed by atoms with Gasteiger partial charge in [0.15, 0.2) is 5.82 Å². The maximum atomic E-state index is 12.3. The lowest BCUT2D eigenvalue weighted by Crippen LogP contribution is -2.50. The van der Waals surface area contributed by atoms with Gasteiger partial charge >= 0.3 is 6.61 Å². The molecular formula is C22H23F2N5O2. The van der Waals surface area contributed by atoms with Crippen LogP contribution in [-0.2, 0) is 4.74 Å². The monoisotopic (exact) mass is 427 g/mol. The van der Waals surface area contributed by atoms with Crippen LogP contribution in [0, 0.1) is 0 Å². The van der Waals surface area contributed by atoms with Crippen LogP contribution < -0.4 is 15.0 Å². The first kappa shape index (κ1) is 20.9. The van der Waals surface area contributed by atoms with Crippen LogP contribution in [0.1, 0.15) is 13.8 Å². The number of nitrogens with zero attached hydrogens (tertiary/aromatic N) is 4. The summed E-state index contributed by atoms with van der Waals surface area (Å²) in [5.41, 5.74) is 2.44. The predicted octanol–water partition coefficient (Wildman–Crippen LogP) is 4.50. The van der Waals surface area contributed by atoms with Crippen molar-refractivity contribution in [2.75, 3.05) is 23.4 Å². The third-order valence-corrected chi connectivity index (χ3v) is 5.02. The molecule has 31 heavy (non-hydrogen) atoms. The van der Waals surface area contributed by atoms with Crippen molar-refractivity contribution in [1.82, 2.24) is 15.2 Å². The minimum absolute atomic E-state index is 0.106. The number of nitrogens with one attached hydrogen (secondary N) is 1. The number of halogens is 2. The summed E-state index contributed by atoms with van der Waals surface area (Å²) < 4.78 is 34.7. The molecule has 7 nitrogen and oxygen atoms in total. The number of anilines is 3. The number of morpholine rings is 1. The highest BCUT2D eigenvalue weighted by Gasteiger charge is 2.26. The largest absolute Gasteiger partial charge is 0.435 e. The minimum Gasteiger partial charge on any atom is -0.435 e. The molecule has 1 N–H and O–H groups in total. The van der Waals surface area contributed by atoms with E-state index in [2.05, 4.69) is 44.0 Å². The molecule has 3 heterocycles. The molecule has 0 amide bonds. The smallest absolute Gasteiger partial charge is 0.387 e. The van der Waals surface area contributed by atoms with Crippen LogP contribution in [0.5, 0.6) is 5.75 Å². The molecule has 0 spiro atoms. The van der Waals surface area contributed by atoms with E-state index in [0.717, 1.165) is 22.6 Å². The van der Waals surface area contributed by atoms with Crippen molar-refractivity contribution in [2.24, 2.45) is 0 Å². The van der Waals surface area contributed by atoms with E-state index in [-0.39, 0.29) is 17.8 Å². The third-order valence-electron chi connectivity index (χ3n) is 5.02. The first-order chi connectivity index (χ1) is 15.0. The van der Waals surface area contributed by atoms with E-state index in [4.69, 9.17) is 4.74 Å². The Balaban J connectivity index is 1.52. The molecule has 1 fully saturated rings. The normalized spacial score (nSPS) is 18.8. The van der Waals surface area contributed by atoms with Gasteiger partial charge in [0.25, 0.3) is 0 Å². The molecule has 0 bridgehead atoms. The summed E-state index contributed by atoms with van der Waals surface area (Å²) in [7, 11) is 0. The van der Waals surface area contributed by atoms with Crippen LogP contribution in [0.3, 0.4) is 0 Å². The minimum atomic E-state index is -2.85. The number of hydrogen-bond acceptors (Lipinski definition) is 7. The highest BCUT2D eigenvalue weighted by Crippen LogP contribution is 2.27. The topological polar surface area (TPSA) is 72.4 Å². The summed E-state index contributed by atoms with van der Waals surface area (Å²) in [6.07, 6.45) is 3.37. The van der Waals surface area contributed by atoms with Gasteiger partial charge in [-0.05, 0) is 43.7 Å². The Kier molecular flexibility index (Phi) is 6.22. The van der Waals surface area contributed by atoms with E-state index in [0.29, 0.717) is 19.0 Å². The van der Waals surface area contributed by atoms with Crippen molar-refractivity contribution >= 4 is 17.3 Å². The molecule has 3 aromatic rings. The fourth-order valence-electron chi connectivity index (χ4n) is 3.66. The molecule has 9 heteroatoms. The zero-order valence-corrected chi connectivity index (χ0v) is 17.2. The molecule has 0 saturated carbocycles. The molecule has 2 atom stereocenters. The van der Waals surface area contributed by atoms with Gasteiger partial charge in [0.1, 0.15) is 11.6 Å². The average Bonchev–Trinajstić information content (AvgIpc) is 2.74. The molecule has 1 aliphatic rings. The fourth-order valence-corrected chi connectivity index (χ4v) is 3.66. The molecule has 0 radical (unpaired) electrons. The summed E-state index contributed by atoms with van der Waals surface area (Å²) in [6.45, 7) is 2.71. The second-order valence-electron chi connectivity index (χ2n) is 7.40. The van der Waals surface area contributed by atoms with Gasteiger partial charge in [-0.25, -0.2) is 4.98 Å². The molecule has 162 valence electrons. The van der Waals surface area contributed by atoms with E-state index in [1.807, 2.05) is 18.2 Å². The lowest BCUT2D eigenvalue weighted by molar-refractivity contribution is -0.0498. The van der Waals surface area contributed by atoms with Gasteiger partial charge in [0, 0.05) is 23.5 Å². The number of ether oxygens (including phenoxy) is 2. The first-order valence-corrected chi connectivity index (χ1v) is 9.97. The van der Waals surface area contributed by atoms with Crippen molar-refractivity contribution in [1.29, 1.82) is 0 Å². The van der Waals surface area contributed by atoms with Gasteiger partial charge in [-0.1, -0.05) is 12.1 Å². The van der Waals surface area contributed by atoms with Gasteiger partial charge in [0.2, 0.25) is 0 Å². The number of benzene rings is 1. The highest BCUT2D eigenvalue weighted by atomic mass is 19.3. The van der Waals surface area contributed by atoms with Crippen LogP contribution >= 0.6 is 0 Å². The number of hydrogen-bond donors (Lipinski definition) is 1. The van der Waals surface area contributed by atoms with Crippen molar-refractivity contribution in [3.8, 4) is 16.9 Å². The average molecular weight is 427 g/mol. The quantitative estimate of drug-likeness (QED) is 0.621. The standard InChI is InChI=1S/C22H23F2N5O2/c1-14-12-30-13-15(2)29(14)21-10-18(7-8-25-21)27-20-9-17(11-26-28-20)16-3-5-19(6-4-16)31-22(23)24/h3-11,14-15,22H,12-13H2,1-2H3,(H,25,27,28). The molecular weight excluding hydrogens is 404 g/mol. The Morgan fingerprint density at radius 2 is 1.81 bits per heavy atom. The van der Waals surface area contributed by atoms with E-state index >= 15 is 0 Å². The molecule has 2 aromatic heterocycles. The van der Waals surface area contributed by atoms with Crippen LogP contribution in [0.2, 0.25) is 0 Å². The highest BCUT2D eigenvalue weighted by molar-refractivity contribution is 5.69. The summed E-state index contributed by atoms with van der Waals surface area (Å²) in [5.74, 6) is 1.53. The van der Waals surface area contributed by atoms with Gasteiger partial charge in [0.05, 0.1) is 31.5 Å². The van der Waals surface area contributed by atoms with E-state index in [1.165, 1.54) is 12.1 Å². The van der Waals surface area contributed by atoms with Crippen molar-refractivity contribution in [3.63, 3.8) is 0 Å². The summed E-state index contributed by atoms with van der Waals surface area (Å²) in [6, 6.07) is 12.5. The third kappa shape index (κ3) is 5.05. The van der Waals surface area contributed by atoms with Gasteiger partial charge in [-0.2, -0.15) is 13.9 Å². The SMILES string of the molecule is CC1COCC(C)N1c1cc(Nc2cc(-c3ccc(OC(F)F)cc3)cnn2)ccn1. The van der Waals surface area contributed by atoms with Crippen LogP contribution in [0.4, 0.5) is 26.1 Å². The maximum absolute atomic E-state index is 12.3. The Bertz CT molecular complexity index is 1010. The second kappa shape index (κ2) is 9.22. The molecule has 2 unspecified atom stereocenters. The summed E-state index contributed by atoms with van der Waals surface area (Å²) in [4.78, 5) is 6.78. The molecule has 1 aliphatic heterocycles. The number of aromatic nitrogens is 3. The number of rotatable bonds is 6. The zero-order chi connectivity index (χ0) is 21.8. The van der Waals surface area contributed by atoms with Gasteiger partial charge in [-0.15, -0.1) is 5.10 Å². The number of pyridine rings is 1. The Morgan fingerprint density at radius 3 is 2.52 bits per heavy atom. The zero-order valence-electron chi connectivity index (χ0n) is 17.2. The van der Waals surface area contributed by atoms with Crippen LogP contribution in [0.15, 0.2) is 54.9 Å². The Morgan fingerprint density at radius 1 is 1.06 bits per heavy atom. The van der Waals surface area contributed by atoms with Gasteiger partial charge < -0.3 is 19.7 Å². The second-order valence-corrected chi connectivity index (χ2v) is 7.40. The molecule has 1 aromatic carbocycles. The van der Waals surface area contributed by atoms with Gasteiger partial charge in [-0.3, -0.25) is 0 Å². The Hall–Kier alpha value is -3.33. The molecule has 1 saturated heterocycles. The predicted molar refractivity (Wildman–Crippen MR) is 114 cm³/mol. The van der Waals surface area contributed by atoms with Crippen LogP contribution in [-0.4, -0.2) is 47.1 Å².